The summed E-state index contributed by atoms with van der Waals surface area (Å²) in [6.45, 7) is -3.64. The van der Waals surface area contributed by atoms with Gasteiger partial charge in [-0.05, 0) is 6.07 Å². The maximum absolute atomic E-state index is 12.4. The molecule has 0 unspecified atom stereocenters. The van der Waals surface area contributed by atoms with Gasteiger partial charge in [-0.1, -0.05) is 0 Å². The van der Waals surface area contributed by atoms with Crippen molar-refractivity contribution in [3.8, 4) is 16.9 Å². The van der Waals surface area contributed by atoms with Crippen LogP contribution < -0.4 is 10.5 Å². The maximum Gasteiger partial charge on any atom is 0.387 e. The molecule has 2 rings (SSSR count). The zero-order chi connectivity index (χ0) is 14.5. The van der Waals surface area contributed by atoms with Crippen LogP contribution in [0.4, 0.5) is 13.2 Å². The van der Waals surface area contributed by atoms with E-state index in [-0.39, 0.29) is 18.1 Å². The van der Waals surface area contributed by atoms with Gasteiger partial charge in [0.2, 0.25) is 0 Å². The molecule has 0 atom stereocenters. The molecule has 20 heavy (non-hydrogen) atoms. The van der Waals surface area contributed by atoms with E-state index in [1.54, 1.807) is 0 Å². The molecule has 2 aromatic rings. The van der Waals surface area contributed by atoms with E-state index in [1.807, 2.05) is 0 Å². The maximum atomic E-state index is 12.4. The van der Waals surface area contributed by atoms with Crippen molar-refractivity contribution < 1.29 is 17.9 Å². The largest absolute Gasteiger partial charge is 0.433 e. The SMILES string of the molecule is NCc1cc(-c2cnc(CF)nc2)c(OC(F)F)cn1. The van der Waals surface area contributed by atoms with Crippen LogP contribution in [0, 0.1) is 0 Å². The first-order valence-corrected chi connectivity index (χ1v) is 5.65. The molecule has 0 amide bonds. The summed E-state index contributed by atoms with van der Waals surface area (Å²) in [4.78, 5) is 11.4. The minimum absolute atomic E-state index is 0.0122. The van der Waals surface area contributed by atoms with Crippen molar-refractivity contribution in [3.05, 3.63) is 36.2 Å². The van der Waals surface area contributed by atoms with Crippen LogP contribution in [0.5, 0.6) is 5.75 Å². The second kappa shape index (κ2) is 6.29. The highest BCUT2D eigenvalue weighted by Gasteiger charge is 2.13. The number of hydrogen-bond acceptors (Lipinski definition) is 5. The summed E-state index contributed by atoms with van der Waals surface area (Å²) >= 11 is 0. The average Bonchev–Trinajstić information content (AvgIpc) is 2.47. The van der Waals surface area contributed by atoms with Gasteiger partial charge in [-0.15, -0.1) is 0 Å². The first-order chi connectivity index (χ1) is 9.63. The van der Waals surface area contributed by atoms with Crippen molar-refractivity contribution in [3.63, 3.8) is 0 Å². The predicted molar refractivity (Wildman–Crippen MR) is 64.6 cm³/mol. The first kappa shape index (κ1) is 14.2. The Labute approximate surface area is 112 Å². The molecule has 5 nitrogen and oxygen atoms in total. The monoisotopic (exact) mass is 284 g/mol. The molecule has 0 bridgehead atoms. The predicted octanol–water partition coefficient (Wildman–Crippen LogP) is 2.07. The molecular formula is C12H11F3N4O. The molecule has 0 aromatic carbocycles. The Morgan fingerprint density at radius 2 is 1.85 bits per heavy atom. The van der Waals surface area contributed by atoms with Gasteiger partial charge in [0.15, 0.2) is 11.6 Å². The van der Waals surface area contributed by atoms with Crippen LogP contribution in [0.15, 0.2) is 24.7 Å². The Morgan fingerprint density at radius 3 is 2.40 bits per heavy atom. The lowest BCUT2D eigenvalue weighted by atomic mass is 10.1. The molecule has 0 aliphatic rings. The second-order valence-corrected chi connectivity index (χ2v) is 3.78. The minimum atomic E-state index is -2.98. The number of nitrogens with two attached hydrogens (primary N) is 1. The fraction of sp³-hybridized carbons (Fsp3) is 0.250. The number of alkyl halides is 3. The van der Waals surface area contributed by atoms with E-state index < -0.39 is 13.3 Å². The van der Waals surface area contributed by atoms with Crippen LogP contribution in [0.3, 0.4) is 0 Å². The Hall–Kier alpha value is -2.22. The Kier molecular flexibility index (Phi) is 4.46. The van der Waals surface area contributed by atoms with E-state index in [0.29, 0.717) is 16.8 Å². The van der Waals surface area contributed by atoms with Crippen LogP contribution in [-0.2, 0) is 13.2 Å². The molecule has 0 aliphatic carbocycles. The minimum Gasteiger partial charge on any atom is -0.433 e. The molecule has 2 heterocycles. The highest BCUT2D eigenvalue weighted by atomic mass is 19.3. The number of halogens is 3. The highest BCUT2D eigenvalue weighted by Crippen LogP contribution is 2.30. The van der Waals surface area contributed by atoms with Gasteiger partial charge in [0.1, 0.15) is 6.67 Å². The van der Waals surface area contributed by atoms with Crippen molar-refractivity contribution in [2.24, 2.45) is 5.73 Å². The van der Waals surface area contributed by atoms with E-state index in [4.69, 9.17) is 5.73 Å². The number of hydrogen-bond donors (Lipinski definition) is 1. The lowest BCUT2D eigenvalue weighted by molar-refractivity contribution is -0.0496. The molecule has 106 valence electrons. The molecule has 0 fully saturated rings. The smallest absolute Gasteiger partial charge is 0.387 e. The highest BCUT2D eigenvalue weighted by molar-refractivity contribution is 5.68. The number of aromatic nitrogens is 3. The topological polar surface area (TPSA) is 73.9 Å². The second-order valence-electron chi connectivity index (χ2n) is 3.78. The standard InChI is InChI=1S/C12H11F3N4O/c13-2-11-18-4-7(5-19-11)9-1-8(3-16)17-6-10(9)20-12(14)15/h1,4-6,12H,2-3,16H2. The van der Waals surface area contributed by atoms with E-state index in [2.05, 4.69) is 19.7 Å². The van der Waals surface area contributed by atoms with Crippen molar-refractivity contribution in [1.82, 2.24) is 15.0 Å². The summed E-state index contributed by atoms with van der Waals surface area (Å²) in [5, 5.41) is 0. The molecule has 2 N–H and O–H groups in total. The van der Waals surface area contributed by atoms with E-state index in [9.17, 15) is 13.2 Å². The van der Waals surface area contributed by atoms with Gasteiger partial charge < -0.3 is 10.5 Å². The number of pyridine rings is 1. The molecule has 0 saturated heterocycles. The third kappa shape index (κ3) is 3.21. The number of rotatable bonds is 5. The zero-order valence-corrected chi connectivity index (χ0v) is 10.3. The normalized spacial score (nSPS) is 10.8. The van der Waals surface area contributed by atoms with Crippen LogP contribution in [-0.4, -0.2) is 21.6 Å². The zero-order valence-electron chi connectivity index (χ0n) is 10.3. The van der Waals surface area contributed by atoms with Crippen LogP contribution in [0.2, 0.25) is 0 Å². The van der Waals surface area contributed by atoms with E-state index in [0.717, 1.165) is 6.20 Å². The summed E-state index contributed by atoms with van der Waals surface area (Å²) in [5.74, 6) is -0.105. The average molecular weight is 284 g/mol. The van der Waals surface area contributed by atoms with E-state index >= 15 is 0 Å². The summed E-state index contributed by atoms with van der Waals surface area (Å²) < 4.78 is 41.5. The Morgan fingerprint density at radius 1 is 1.15 bits per heavy atom. The Balaban J connectivity index is 2.44. The van der Waals surface area contributed by atoms with Gasteiger partial charge in [0.05, 0.1) is 11.9 Å². The molecule has 0 radical (unpaired) electrons. The quantitative estimate of drug-likeness (QED) is 0.909. The lowest BCUT2D eigenvalue weighted by Gasteiger charge is -2.11. The van der Waals surface area contributed by atoms with E-state index in [1.165, 1.54) is 18.5 Å². The van der Waals surface area contributed by atoms with Crippen LogP contribution >= 0.6 is 0 Å². The van der Waals surface area contributed by atoms with Gasteiger partial charge in [0, 0.05) is 30.1 Å². The molecule has 8 heteroatoms. The molecule has 2 aromatic heterocycles. The van der Waals surface area contributed by atoms with Crippen LogP contribution in [0.25, 0.3) is 11.1 Å². The van der Waals surface area contributed by atoms with Crippen LogP contribution in [0.1, 0.15) is 11.5 Å². The Bertz CT molecular complexity index is 577. The molecule has 0 spiro atoms. The third-order valence-electron chi connectivity index (χ3n) is 2.49. The lowest BCUT2D eigenvalue weighted by Crippen LogP contribution is -2.06. The summed E-state index contributed by atoms with van der Waals surface area (Å²) in [6.07, 6.45) is 3.82. The van der Waals surface area contributed by atoms with Gasteiger partial charge in [-0.25, -0.2) is 14.4 Å². The summed E-state index contributed by atoms with van der Waals surface area (Å²) in [5.41, 5.74) is 6.70. The van der Waals surface area contributed by atoms with Crippen molar-refractivity contribution in [2.75, 3.05) is 0 Å². The number of ether oxygens (including phenoxy) is 1. The van der Waals surface area contributed by atoms with Crippen molar-refractivity contribution in [2.45, 2.75) is 19.8 Å². The fourth-order valence-corrected chi connectivity index (χ4v) is 1.58. The van der Waals surface area contributed by atoms with Crippen molar-refractivity contribution >= 4 is 0 Å². The third-order valence-corrected chi connectivity index (χ3v) is 2.49. The molecule has 0 saturated carbocycles. The fourth-order valence-electron chi connectivity index (χ4n) is 1.58. The molecule has 0 aliphatic heterocycles. The summed E-state index contributed by atoms with van der Waals surface area (Å²) in [7, 11) is 0. The van der Waals surface area contributed by atoms with Gasteiger partial charge in [-0.3, -0.25) is 4.98 Å². The molecular weight excluding hydrogens is 273 g/mol. The van der Waals surface area contributed by atoms with Gasteiger partial charge >= 0.3 is 6.61 Å². The van der Waals surface area contributed by atoms with Gasteiger partial charge in [-0.2, -0.15) is 8.78 Å². The van der Waals surface area contributed by atoms with Gasteiger partial charge in [0.25, 0.3) is 0 Å². The number of nitrogens with zero attached hydrogens (tertiary/aromatic N) is 3. The summed E-state index contributed by atoms with van der Waals surface area (Å²) in [6, 6.07) is 1.51. The first-order valence-electron chi connectivity index (χ1n) is 5.65. The van der Waals surface area contributed by atoms with Crippen molar-refractivity contribution in [1.29, 1.82) is 0 Å².